The van der Waals surface area contributed by atoms with E-state index in [1.54, 1.807) is 0 Å². The Hall–Kier alpha value is -0.0231. The van der Waals surface area contributed by atoms with Crippen LogP contribution in [-0.2, 0) is 27.5 Å². The summed E-state index contributed by atoms with van der Waals surface area (Å²) in [6, 6.07) is 0. The third-order valence-electron chi connectivity index (χ3n) is 6.07. The van der Waals surface area contributed by atoms with Crippen LogP contribution in [0.2, 0.25) is 6.55 Å². The third kappa shape index (κ3) is 11.5. The highest BCUT2D eigenvalue weighted by atomic mass is 28.4. The predicted octanol–water partition coefficient (Wildman–Crippen LogP) is 7.47. The molecule has 0 saturated carbocycles. The van der Waals surface area contributed by atoms with E-state index >= 15 is 0 Å². The molecular formula is C26H56O6Si. The van der Waals surface area contributed by atoms with Crippen molar-refractivity contribution < 1.29 is 27.5 Å². The molecule has 0 aliphatic rings. The second-order valence-electron chi connectivity index (χ2n) is 9.30. The van der Waals surface area contributed by atoms with Gasteiger partial charge < -0.3 is 27.5 Å². The molecule has 3 unspecified atom stereocenters. The van der Waals surface area contributed by atoms with Crippen LogP contribution in [0.15, 0.2) is 0 Å². The standard InChI is InChI=1S/C26H56O6Si/c1-11-17-20-27-25(9,28-21-18-12-2)26(16-6,29-22-19-13-3)32-33(10,30-23(7)14-4)31-24(8)15-5/h23-24H,11-22H2,1-10H3. The molecular weight excluding hydrogens is 436 g/mol. The minimum atomic E-state index is -3.12. The van der Waals surface area contributed by atoms with Crippen molar-refractivity contribution in [3.8, 4) is 0 Å². The van der Waals surface area contributed by atoms with Crippen molar-refractivity contribution in [1.82, 2.24) is 0 Å². The molecule has 0 heterocycles. The number of rotatable bonds is 22. The Morgan fingerprint density at radius 1 is 0.667 bits per heavy atom. The molecule has 0 radical (unpaired) electrons. The zero-order chi connectivity index (χ0) is 25.4. The van der Waals surface area contributed by atoms with Crippen molar-refractivity contribution in [3.63, 3.8) is 0 Å². The summed E-state index contributed by atoms with van der Waals surface area (Å²) in [7, 11) is -3.12. The average molecular weight is 493 g/mol. The second-order valence-corrected chi connectivity index (χ2v) is 11.7. The normalized spacial score (nSPS) is 18.0. The first-order chi connectivity index (χ1) is 15.6. The van der Waals surface area contributed by atoms with E-state index in [1.165, 1.54) is 0 Å². The Morgan fingerprint density at radius 3 is 1.39 bits per heavy atom. The Kier molecular flexibility index (Phi) is 17.4. The van der Waals surface area contributed by atoms with Crippen LogP contribution in [-0.4, -0.2) is 52.4 Å². The van der Waals surface area contributed by atoms with Crippen molar-refractivity contribution in [2.24, 2.45) is 0 Å². The summed E-state index contributed by atoms with van der Waals surface area (Å²) in [5.41, 5.74) is 0. The summed E-state index contributed by atoms with van der Waals surface area (Å²) in [5.74, 6) is -2.21. The van der Waals surface area contributed by atoms with E-state index in [2.05, 4.69) is 55.4 Å². The van der Waals surface area contributed by atoms with Gasteiger partial charge in [-0.15, -0.1) is 0 Å². The van der Waals surface area contributed by atoms with Crippen LogP contribution in [0.3, 0.4) is 0 Å². The molecule has 33 heavy (non-hydrogen) atoms. The topological polar surface area (TPSA) is 55.4 Å². The molecule has 200 valence electrons. The van der Waals surface area contributed by atoms with E-state index < -0.39 is 20.4 Å². The third-order valence-corrected chi connectivity index (χ3v) is 8.43. The Labute approximate surface area is 206 Å². The highest BCUT2D eigenvalue weighted by molar-refractivity contribution is 6.59. The molecule has 0 aromatic carbocycles. The van der Waals surface area contributed by atoms with Gasteiger partial charge in [0.1, 0.15) is 0 Å². The largest absolute Gasteiger partial charge is 0.500 e. The van der Waals surface area contributed by atoms with Crippen LogP contribution in [0.25, 0.3) is 0 Å². The summed E-state index contributed by atoms with van der Waals surface area (Å²) in [6.45, 7) is 22.6. The number of hydrogen-bond acceptors (Lipinski definition) is 6. The van der Waals surface area contributed by atoms with Gasteiger partial charge in [-0.2, -0.15) is 0 Å². The lowest BCUT2D eigenvalue weighted by atomic mass is 10.0. The monoisotopic (exact) mass is 492 g/mol. The lowest BCUT2D eigenvalue weighted by Gasteiger charge is -2.49. The van der Waals surface area contributed by atoms with Crippen LogP contribution < -0.4 is 0 Å². The fraction of sp³-hybridized carbons (Fsp3) is 1.00. The molecule has 6 nitrogen and oxygen atoms in total. The molecule has 0 aliphatic heterocycles. The van der Waals surface area contributed by atoms with Gasteiger partial charge in [0.2, 0.25) is 11.6 Å². The summed E-state index contributed by atoms with van der Waals surface area (Å²) >= 11 is 0. The van der Waals surface area contributed by atoms with E-state index in [9.17, 15) is 0 Å². The molecule has 0 aliphatic carbocycles. The van der Waals surface area contributed by atoms with Crippen molar-refractivity contribution in [1.29, 1.82) is 0 Å². The van der Waals surface area contributed by atoms with E-state index in [0.29, 0.717) is 26.2 Å². The minimum Gasteiger partial charge on any atom is -0.371 e. The molecule has 0 rings (SSSR count). The fourth-order valence-corrected chi connectivity index (χ4v) is 6.42. The highest BCUT2D eigenvalue weighted by Crippen LogP contribution is 2.40. The molecule has 0 bridgehead atoms. The van der Waals surface area contributed by atoms with Crippen molar-refractivity contribution >= 4 is 8.80 Å². The van der Waals surface area contributed by atoms with Gasteiger partial charge in [0.15, 0.2) is 0 Å². The van der Waals surface area contributed by atoms with Crippen LogP contribution >= 0.6 is 0 Å². The summed E-state index contributed by atoms with van der Waals surface area (Å²) in [4.78, 5) is 0. The van der Waals surface area contributed by atoms with Gasteiger partial charge in [-0.1, -0.05) is 60.8 Å². The maximum Gasteiger partial charge on any atom is 0.500 e. The number of unbranched alkanes of at least 4 members (excludes halogenated alkanes) is 3. The molecule has 0 aromatic heterocycles. The highest BCUT2D eigenvalue weighted by Gasteiger charge is 2.58. The maximum atomic E-state index is 6.92. The van der Waals surface area contributed by atoms with E-state index in [4.69, 9.17) is 27.5 Å². The lowest BCUT2D eigenvalue weighted by Crippen LogP contribution is -2.65. The molecule has 3 atom stereocenters. The van der Waals surface area contributed by atoms with Gasteiger partial charge in [0.05, 0.1) is 19.8 Å². The maximum absolute atomic E-state index is 6.92. The van der Waals surface area contributed by atoms with Gasteiger partial charge in [0, 0.05) is 25.2 Å². The summed E-state index contributed by atoms with van der Waals surface area (Å²) < 4.78 is 39.3. The summed E-state index contributed by atoms with van der Waals surface area (Å²) in [5, 5.41) is 0. The fourth-order valence-electron chi connectivity index (χ4n) is 3.49. The number of hydrogen-bond donors (Lipinski definition) is 0. The predicted molar refractivity (Wildman–Crippen MR) is 138 cm³/mol. The zero-order valence-corrected chi connectivity index (χ0v) is 24.6. The molecule has 0 spiro atoms. The Balaban J connectivity index is 6.29. The van der Waals surface area contributed by atoms with Crippen LogP contribution in [0.1, 0.15) is 120 Å². The van der Waals surface area contributed by atoms with E-state index in [1.807, 2.05) is 13.5 Å². The van der Waals surface area contributed by atoms with Gasteiger partial charge in [-0.05, 0) is 52.9 Å². The van der Waals surface area contributed by atoms with Gasteiger partial charge in [-0.25, -0.2) is 0 Å². The lowest BCUT2D eigenvalue weighted by molar-refractivity contribution is -0.392. The molecule has 0 fully saturated rings. The first kappa shape index (κ1) is 33.0. The van der Waals surface area contributed by atoms with E-state index in [0.717, 1.165) is 51.4 Å². The van der Waals surface area contributed by atoms with Crippen LogP contribution in [0.5, 0.6) is 0 Å². The van der Waals surface area contributed by atoms with Crippen LogP contribution in [0, 0.1) is 0 Å². The average Bonchev–Trinajstić information content (AvgIpc) is 2.78. The van der Waals surface area contributed by atoms with Crippen molar-refractivity contribution in [2.45, 2.75) is 150 Å². The van der Waals surface area contributed by atoms with Crippen LogP contribution in [0.4, 0.5) is 0 Å². The van der Waals surface area contributed by atoms with Crippen molar-refractivity contribution in [2.75, 3.05) is 19.8 Å². The minimum absolute atomic E-state index is 0.0178. The molecule has 0 N–H and O–H groups in total. The van der Waals surface area contributed by atoms with E-state index in [-0.39, 0.29) is 12.2 Å². The second kappa shape index (κ2) is 17.4. The number of ether oxygens (including phenoxy) is 3. The zero-order valence-electron chi connectivity index (χ0n) is 23.6. The van der Waals surface area contributed by atoms with Gasteiger partial charge >= 0.3 is 8.80 Å². The first-order valence-corrected chi connectivity index (χ1v) is 15.8. The summed E-state index contributed by atoms with van der Waals surface area (Å²) in [6.07, 6.45) is 8.30. The Morgan fingerprint density at radius 2 is 1.06 bits per heavy atom. The quantitative estimate of drug-likeness (QED) is 0.0887. The van der Waals surface area contributed by atoms with Crippen molar-refractivity contribution in [3.05, 3.63) is 0 Å². The Bertz CT molecular complexity index is 456. The molecule has 0 amide bonds. The molecule has 7 heteroatoms. The van der Waals surface area contributed by atoms with Gasteiger partial charge in [-0.3, -0.25) is 0 Å². The molecule has 0 aromatic rings. The molecule has 0 saturated heterocycles. The SMILES string of the molecule is CCCCOC(C)(OCCCC)C(CC)(OCCCC)O[Si](C)(OC(C)CC)OC(C)CC. The smallest absolute Gasteiger partial charge is 0.371 e. The first-order valence-electron chi connectivity index (χ1n) is 13.6. The van der Waals surface area contributed by atoms with Gasteiger partial charge in [0.25, 0.3) is 0 Å².